The van der Waals surface area contributed by atoms with Crippen LogP contribution in [0, 0.1) is 5.92 Å². The molecule has 0 aliphatic carbocycles. The summed E-state index contributed by atoms with van der Waals surface area (Å²) >= 11 is 3.15. The van der Waals surface area contributed by atoms with E-state index >= 15 is 0 Å². The number of nitrogens with zero attached hydrogens (tertiary/aromatic N) is 1. The highest BCUT2D eigenvalue weighted by molar-refractivity contribution is 9.10. The molecule has 5 nitrogen and oxygen atoms in total. The molecule has 1 aromatic carbocycles. The number of methoxy groups -OCH3 is 1. The summed E-state index contributed by atoms with van der Waals surface area (Å²) in [5, 5.41) is 9.55. The van der Waals surface area contributed by atoms with Crippen molar-refractivity contribution in [3.8, 4) is 5.75 Å². The Morgan fingerprint density at radius 1 is 1.47 bits per heavy atom. The molecule has 0 bridgehead atoms. The molecule has 19 heavy (non-hydrogen) atoms. The van der Waals surface area contributed by atoms with Crippen molar-refractivity contribution in [2.75, 3.05) is 20.7 Å². The van der Waals surface area contributed by atoms with Gasteiger partial charge in [-0.2, -0.15) is 0 Å². The first-order chi connectivity index (χ1) is 8.86. The summed E-state index contributed by atoms with van der Waals surface area (Å²) in [7, 11) is 2.91. The molecule has 0 spiro atoms. The molecule has 1 aromatic rings. The van der Waals surface area contributed by atoms with Gasteiger partial charge in [-0.3, -0.25) is 9.59 Å². The zero-order valence-electron chi connectivity index (χ0n) is 11.0. The van der Waals surface area contributed by atoms with Gasteiger partial charge in [0.05, 0.1) is 17.5 Å². The fourth-order valence-electron chi connectivity index (χ4n) is 1.64. The number of esters is 1. The molecular weight excluding hydrogens is 314 g/mol. The van der Waals surface area contributed by atoms with Crippen molar-refractivity contribution in [2.45, 2.75) is 6.92 Å². The molecule has 1 unspecified atom stereocenters. The molecule has 0 aliphatic rings. The molecule has 0 saturated carbocycles. The van der Waals surface area contributed by atoms with E-state index in [2.05, 4.69) is 20.7 Å². The number of amides is 1. The number of rotatable bonds is 4. The molecule has 1 N–H and O–H groups in total. The van der Waals surface area contributed by atoms with Gasteiger partial charge in [-0.25, -0.2) is 0 Å². The van der Waals surface area contributed by atoms with Gasteiger partial charge in [0.2, 0.25) is 0 Å². The molecule has 0 heterocycles. The molecule has 0 saturated heterocycles. The van der Waals surface area contributed by atoms with Crippen LogP contribution in [0.2, 0.25) is 0 Å². The summed E-state index contributed by atoms with van der Waals surface area (Å²) in [6.07, 6.45) is 0. The standard InChI is InChI=1S/C13H16BrNO4/c1-8(13(18)19-3)7-15(2)12(17)9-4-5-10(14)11(16)6-9/h4-6,8,16H,7H2,1-3H3. The zero-order valence-corrected chi connectivity index (χ0v) is 12.6. The summed E-state index contributed by atoms with van der Waals surface area (Å²) < 4.78 is 5.13. The predicted molar refractivity (Wildman–Crippen MR) is 73.9 cm³/mol. The Kier molecular flexibility index (Phi) is 5.35. The van der Waals surface area contributed by atoms with Crippen LogP contribution >= 0.6 is 15.9 Å². The topological polar surface area (TPSA) is 66.8 Å². The van der Waals surface area contributed by atoms with Gasteiger partial charge in [-0.15, -0.1) is 0 Å². The second-order valence-corrected chi connectivity index (χ2v) is 5.13. The summed E-state index contributed by atoms with van der Waals surface area (Å²) in [5.41, 5.74) is 0.361. The maximum atomic E-state index is 12.1. The highest BCUT2D eigenvalue weighted by atomic mass is 79.9. The zero-order chi connectivity index (χ0) is 14.6. The minimum Gasteiger partial charge on any atom is -0.507 e. The third kappa shape index (κ3) is 3.96. The lowest BCUT2D eigenvalue weighted by molar-refractivity contribution is -0.145. The number of aromatic hydroxyl groups is 1. The minimum absolute atomic E-state index is 0.000247. The maximum absolute atomic E-state index is 12.1. The normalized spacial score (nSPS) is 11.8. The Bertz CT molecular complexity index is 490. The van der Waals surface area contributed by atoms with Crippen molar-refractivity contribution in [1.29, 1.82) is 0 Å². The SMILES string of the molecule is COC(=O)C(C)CN(C)C(=O)c1ccc(Br)c(O)c1. The molecular formula is C13H16BrNO4. The maximum Gasteiger partial charge on any atom is 0.310 e. The second kappa shape index (κ2) is 6.56. The number of ether oxygens (including phenoxy) is 1. The number of hydrogen-bond acceptors (Lipinski definition) is 4. The smallest absolute Gasteiger partial charge is 0.310 e. The van der Waals surface area contributed by atoms with Gasteiger partial charge in [0, 0.05) is 19.2 Å². The van der Waals surface area contributed by atoms with Crippen LogP contribution in [0.4, 0.5) is 0 Å². The number of hydrogen-bond donors (Lipinski definition) is 1. The van der Waals surface area contributed by atoms with Gasteiger partial charge in [-0.05, 0) is 34.1 Å². The van der Waals surface area contributed by atoms with E-state index < -0.39 is 5.92 Å². The van der Waals surface area contributed by atoms with E-state index in [0.29, 0.717) is 10.0 Å². The van der Waals surface area contributed by atoms with Crippen molar-refractivity contribution in [2.24, 2.45) is 5.92 Å². The quantitative estimate of drug-likeness (QED) is 0.858. The fraction of sp³-hybridized carbons (Fsp3) is 0.385. The van der Waals surface area contributed by atoms with Gasteiger partial charge in [0.1, 0.15) is 5.75 Å². The first kappa shape index (κ1) is 15.5. The lowest BCUT2D eigenvalue weighted by atomic mass is 10.1. The third-order valence-corrected chi connectivity index (χ3v) is 3.36. The number of benzene rings is 1. The van der Waals surface area contributed by atoms with Crippen molar-refractivity contribution in [3.05, 3.63) is 28.2 Å². The van der Waals surface area contributed by atoms with Crippen LogP contribution in [0.3, 0.4) is 0 Å². The van der Waals surface area contributed by atoms with E-state index in [9.17, 15) is 14.7 Å². The van der Waals surface area contributed by atoms with Crippen LogP contribution < -0.4 is 0 Å². The first-order valence-corrected chi connectivity index (χ1v) is 6.48. The number of carbonyl (C=O) groups is 2. The van der Waals surface area contributed by atoms with E-state index in [1.165, 1.54) is 18.1 Å². The van der Waals surface area contributed by atoms with Crippen molar-refractivity contribution in [1.82, 2.24) is 4.90 Å². The number of halogens is 1. The largest absolute Gasteiger partial charge is 0.507 e. The monoisotopic (exact) mass is 329 g/mol. The predicted octanol–water partition coefficient (Wildman–Crippen LogP) is 2.04. The molecule has 104 valence electrons. The fourth-order valence-corrected chi connectivity index (χ4v) is 1.88. The lowest BCUT2D eigenvalue weighted by Gasteiger charge is -2.20. The van der Waals surface area contributed by atoms with Crippen LogP contribution in [-0.2, 0) is 9.53 Å². The average Bonchev–Trinajstić information content (AvgIpc) is 2.39. The highest BCUT2D eigenvalue weighted by Gasteiger charge is 2.20. The molecule has 0 fully saturated rings. The van der Waals surface area contributed by atoms with Crippen molar-refractivity contribution < 1.29 is 19.4 Å². The van der Waals surface area contributed by atoms with Crippen LogP contribution in [0.1, 0.15) is 17.3 Å². The molecule has 0 radical (unpaired) electrons. The van der Waals surface area contributed by atoms with Crippen molar-refractivity contribution >= 4 is 27.8 Å². The second-order valence-electron chi connectivity index (χ2n) is 4.28. The van der Waals surface area contributed by atoms with Crippen LogP contribution in [0.15, 0.2) is 22.7 Å². The Hall–Kier alpha value is -1.56. The minimum atomic E-state index is -0.400. The lowest BCUT2D eigenvalue weighted by Crippen LogP contribution is -2.34. The van der Waals surface area contributed by atoms with E-state index in [4.69, 9.17) is 0 Å². The Morgan fingerprint density at radius 2 is 2.11 bits per heavy atom. The summed E-state index contributed by atoms with van der Waals surface area (Å²) in [4.78, 5) is 24.8. The molecule has 6 heteroatoms. The summed E-state index contributed by atoms with van der Waals surface area (Å²) in [6, 6.07) is 4.58. The van der Waals surface area contributed by atoms with Gasteiger partial charge >= 0.3 is 5.97 Å². The molecule has 1 amide bonds. The molecule has 0 aliphatic heterocycles. The number of phenolic OH excluding ortho intramolecular Hbond substituents is 1. The average molecular weight is 330 g/mol. The van der Waals surface area contributed by atoms with Gasteiger partial charge < -0.3 is 14.7 Å². The summed E-state index contributed by atoms with van der Waals surface area (Å²) in [5.74, 6) is -1.03. The number of phenols is 1. The third-order valence-electron chi connectivity index (χ3n) is 2.69. The molecule has 1 rings (SSSR count). The number of carbonyl (C=O) groups excluding carboxylic acids is 2. The van der Waals surface area contributed by atoms with Gasteiger partial charge in [0.25, 0.3) is 5.91 Å². The first-order valence-electron chi connectivity index (χ1n) is 5.68. The van der Waals surface area contributed by atoms with E-state index in [0.717, 1.165) is 0 Å². The summed E-state index contributed by atoms with van der Waals surface area (Å²) in [6.45, 7) is 1.94. The van der Waals surface area contributed by atoms with E-state index in [1.807, 2.05) is 0 Å². The van der Waals surface area contributed by atoms with Crippen LogP contribution in [-0.4, -0.2) is 42.6 Å². The van der Waals surface area contributed by atoms with Crippen LogP contribution in [0.5, 0.6) is 5.75 Å². The Labute approximate surface area is 120 Å². The highest BCUT2D eigenvalue weighted by Crippen LogP contribution is 2.24. The van der Waals surface area contributed by atoms with E-state index in [1.54, 1.807) is 26.1 Å². The van der Waals surface area contributed by atoms with Crippen molar-refractivity contribution in [3.63, 3.8) is 0 Å². The van der Waals surface area contributed by atoms with Gasteiger partial charge in [-0.1, -0.05) is 6.92 Å². The van der Waals surface area contributed by atoms with Crippen LogP contribution in [0.25, 0.3) is 0 Å². The molecule has 0 aromatic heterocycles. The Morgan fingerprint density at radius 3 is 2.63 bits per heavy atom. The van der Waals surface area contributed by atoms with Gasteiger partial charge in [0.15, 0.2) is 0 Å². The molecule has 1 atom stereocenters. The van der Waals surface area contributed by atoms with E-state index in [-0.39, 0.29) is 24.2 Å². The Balaban J connectivity index is 2.76.